The summed E-state index contributed by atoms with van der Waals surface area (Å²) in [6.45, 7) is 2.75. The molecule has 0 fully saturated rings. The van der Waals surface area contributed by atoms with Crippen molar-refractivity contribution >= 4 is 11.9 Å². The van der Waals surface area contributed by atoms with Crippen LogP contribution in [-0.2, 0) is 20.9 Å². The van der Waals surface area contributed by atoms with Crippen molar-refractivity contribution < 1.29 is 28.5 Å². The number of ether oxygens (including phenoxy) is 4. The number of esters is 2. The highest BCUT2D eigenvalue weighted by Crippen LogP contribution is 2.27. The molecule has 1 aliphatic heterocycles. The van der Waals surface area contributed by atoms with E-state index in [0.29, 0.717) is 18.8 Å². The molecule has 3 rings (SSSR count). The molecule has 1 aliphatic rings. The highest BCUT2D eigenvalue weighted by atomic mass is 16.5. The Balaban J connectivity index is 0.000000285. The SMILES string of the molecule is COC(=O)CCCCCOc1ccc(OC(C)=O)cc1.c1ccc2c(c1)CO2. The predicted molar refractivity (Wildman–Crippen MR) is 105 cm³/mol. The molecule has 0 aliphatic carbocycles. The average Bonchev–Trinajstić information content (AvgIpc) is 2.67. The van der Waals surface area contributed by atoms with Gasteiger partial charge in [0.1, 0.15) is 23.9 Å². The maximum Gasteiger partial charge on any atom is 0.308 e. The van der Waals surface area contributed by atoms with Gasteiger partial charge in [0.25, 0.3) is 0 Å². The summed E-state index contributed by atoms with van der Waals surface area (Å²) in [5.41, 5.74) is 1.33. The molecule has 0 unspecified atom stereocenters. The molecule has 0 N–H and O–H groups in total. The molecule has 150 valence electrons. The van der Waals surface area contributed by atoms with Gasteiger partial charge in [0.2, 0.25) is 0 Å². The molecule has 2 aromatic rings. The van der Waals surface area contributed by atoms with Gasteiger partial charge in [0.15, 0.2) is 0 Å². The summed E-state index contributed by atoms with van der Waals surface area (Å²) in [4.78, 5) is 21.6. The van der Waals surface area contributed by atoms with Crippen LogP contribution in [0.5, 0.6) is 17.2 Å². The van der Waals surface area contributed by atoms with Crippen LogP contribution in [0.4, 0.5) is 0 Å². The minimum Gasteiger partial charge on any atom is -0.494 e. The minimum absolute atomic E-state index is 0.174. The first kappa shape index (κ1) is 21.3. The predicted octanol–water partition coefficient (Wildman–Crippen LogP) is 4.30. The molecular weight excluding hydrogens is 360 g/mol. The fraction of sp³-hybridized carbons (Fsp3) is 0.364. The van der Waals surface area contributed by atoms with Crippen LogP contribution in [0.2, 0.25) is 0 Å². The van der Waals surface area contributed by atoms with Crippen LogP contribution < -0.4 is 14.2 Å². The van der Waals surface area contributed by atoms with E-state index in [-0.39, 0.29) is 11.9 Å². The third-order valence-corrected chi connectivity index (χ3v) is 3.96. The van der Waals surface area contributed by atoms with Crippen LogP contribution in [-0.4, -0.2) is 25.7 Å². The number of hydrogen-bond donors (Lipinski definition) is 0. The van der Waals surface area contributed by atoms with Crippen LogP contribution in [0.15, 0.2) is 48.5 Å². The summed E-state index contributed by atoms with van der Waals surface area (Å²) < 4.78 is 20.1. The van der Waals surface area contributed by atoms with Crippen molar-refractivity contribution in [3.05, 3.63) is 54.1 Å². The molecule has 0 spiro atoms. The molecule has 0 radical (unpaired) electrons. The van der Waals surface area contributed by atoms with Gasteiger partial charge in [0.05, 0.1) is 13.7 Å². The lowest BCUT2D eigenvalue weighted by Gasteiger charge is -2.18. The zero-order chi connectivity index (χ0) is 20.2. The summed E-state index contributed by atoms with van der Waals surface area (Å²) in [7, 11) is 1.39. The number of methoxy groups -OCH3 is 1. The van der Waals surface area contributed by atoms with E-state index < -0.39 is 0 Å². The molecular formula is C22H26O6. The van der Waals surface area contributed by atoms with Crippen molar-refractivity contribution in [2.24, 2.45) is 0 Å². The third kappa shape index (κ3) is 7.70. The molecule has 0 aromatic heterocycles. The maximum absolute atomic E-state index is 10.9. The van der Waals surface area contributed by atoms with Gasteiger partial charge in [-0.25, -0.2) is 0 Å². The normalized spacial score (nSPS) is 10.9. The second-order valence-electron chi connectivity index (χ2n) is 6.20. The quantitative estimate of drug-likeness (QED) is 0.383. The smallest absolute Gasteiger partial charge is 0.308 e. The first-order chi connectivity index (χ1) is 13.6. The fourth-order valence-corrected chi connectivity index (χ4v) is 2.45. The summed E-state index contributed by atoms with van der Waals surface area (Å²) in [6, 6.07) is 15.0. The van der Waals surface area contributed by atoms with E-state index in [1.54, 1.807) is 24.3 Å². The van der Waals surface area contributed by atoms with Gasteiger partial charge < -0.3 is 18.9 Å². The van der Waals surface area contributed by atoms with Gasteiger partial charge in [-0.15, -0.1) is 0 Å². The lowest BCUT2D eigenvalue weighted by atomic mass is 10.1. The molecule has 0 bridgehead atoms. The highest BCUT2D eigenvalue weighted by molar-refractivity contribution is 5.69. The van der Waals surface area contributed by atoms with Crippen molar-refractivity contribution in [2.75, 3.05) is 13.7 Å². The second-order valence-corrected chi connectivity index (χ2v) is 6.20. The number of hydrogen-bond acceptors (Lipinski definition) is 6. The number of benzene rings is 2. The topological polar surface area (TPSA) is 71.1 Å². The maximum atomic E-state index is 10.9. The number of carbonyl (C=O) groups excluding carboxylic acids is 2. The largest absolute Gasteiger partial charge is 0.494 e. The minimum atomic E-state index is -0.343. The first-order valence-electron chi connectivity index (χ1n) is 9.27. The van der Waals surface area contributed by atoms with E-state index in [9.17, 15) is 9.59 Å². The Morgan fingerprint density at radius 2 is 1.68 bits per heavy atom. The highest BCUT2D eigenvalue weighted by Gasteiger charge is 2.10. The monoisotopic (exact) mass is 386 g/mol. The number of para-hydroxylation sites is 1. The molecule has 0 saturated heterocycles. The standard InChI is InChI=1S/C15H20O5.C7H6O/c1-12(16)20-14-9-7-13(8-10-14)19-11-5-3-4-6-15(17)18-2;1-2-4-7-6(3-1)5-8-7/h7-10H,3-6,11H2,1-2H3;1-4H,5H2. The Kier molecular flexibility index (Phi) is 8.85. The molecule has 0 atom stereocenters. The Labute approximate surface area is 165 Å². The molecule has 0 amide bonds. The van der Waals surface area contributed by atoms with Gasteiger partial charge in [-0.1, -0.05) is 18.2 Å². The Morgan fingerprint density at radius 1 is 0.964 bits per heavy atom. The lowest BCUT2D eigenvalue weighted by Crippen LogP contribution is -2.07. The van der Waals surface area contributed by atoms with Crippen LogP contribution >= 0.6 is 0 Å². The summed E-state index contributed by atoms with van der Waals surface area (Å²) in [6.07, 6.45) is 3.05. The fourth-order valence-electron chi connectivity index (χ4n) is 2.45. The average molecular weight is 386 g/mol. The van der Waals surface area contributed by atoms with E-state index in [1.165, 1.54) is 19.6 Å². The van der Waals surface area contributed by atoms with Crippen LogP contribution in [0, 0.1) is 0 Å². The van der Waals surface area contributed by atoms with Crippen LogP contribution in [0.1, 0.15) is 38.2 Å². The third-order valence-electron chi connectivity index (χ3n) is 3.96. The molecule has 6 nitrogen and oxygen atoms in total. The Hall–Kier alpha value is -3.02. The van der Waals surface area contributed by atoms with E-state index >= 15 is 0 Å². The van der Waals surface area contributed by atoms with E-state index in [2.05, 4.69) is 10.8 Å². The van der Waals surface area contributed by atoms with Gasteiger partial charge in [0, 0.05) is 18.9 Å². The van der Waals surface area contributed by atoms with Gasteiger partial charge in [-0.2, -0.15) is 0 Å². The molecule has 1 heterocycles. The van der Waals surface area contributed by atoms with Crippen LogP contribution in [0.25, 0.3) is 0 Å². The zero-order valence-corrected chi connectivity index (χ0v) is 16.3. The van der Waals surface area contributed by atoms with Crippen LogP contribution in [0.3, 0.4) is 0 Å². The van der Waals surface area contributed by atoms with Crippen molar-refractivity contribution in [3.63, 3.8) is 0 Å². The van der Waals surface area contributed by atoms with Crippen molar-refractivity contribution in [1.29, 1.82) is 0 Å². The first-order valence-corrected chi connectivity index (χ1v) is 9.27. The molecule has 28 heavy (non-hydrogen) atoms. The Bertz CT molecular complexity index is 731. The number of rotatable bonds is 8. The van der Waals surface area contributed by atoms with E-state index in [4.69, 9.17) is 14.2 Å². The summed E-state index contributed by atoms with van der Waals surface area (Å²) in [5.74, 6) is 1.76. The van der Waals surface area contributed by atoms with E-state index in [1.807, 2.05) is 18.2 Å². The van der Waals surface area contributed by atoms with Crippen molar-refractivity contribution in [1.82, 2.24) is 0 Å². The zero-order valence-electron chi connectivity index (χ0n) is 16.3. The number of carbonyl (C=O) groups is 2. The summed E-state index contributed by atoms with van der Waals surface area (Å²) >= 11 is 0. The summed E-state index contributed by atoms with van der Waals surface area (Å²) in [5, 5.41) is 0. The van der Waals surface area contributed by atoms with Gasteiger partial charge in [-0.05, 0) is 49.6 Å². The Morgan fingerprint density at radius 3 is 2.21 bits per heavy atom. The lowest BCUT2D eigenvalue weighted by molar-refractivity contribution is -0.140. The number of fused-ring (bicyclic) bond motifs is 1. The second kappa shape index (κ2) is 11.6. The van der Waals surface area contributed by atoms with Gasteiger partial charge in [-0.3, -0.25) is 9.59 Å². The van der Waals surface area contributed by atoms with Crippen molar-refractivity contribution in [2.45, 2.75) is 39.2 Å². The number of unbranched alkanes of at least 4 members (excludes halogenated alkanes) is 2. The van der Waals surface area contributed by atoms with Crippen molar-refractivity contribution in [3.8, 4) is 17.2 Å². The molecule has 6 heteroatoms. The molecule has 0 saturated carbocycles. The van der Waals surface area contributed by atoms with Gasteiger partial charge >= 0.3 is 11.9 Å². The molecule has 2 aromatic carbocycles. The van der Waals surface area contributed by atoms with E-state index in [0.717, 1.165) is 37.4 Å².